The molecular weight excluding hydrogens is 385 g/mol. The first-order chi connectivity index (χ1) is 13.4. The van der Waals surface area contributed by atoms with Gasteiger partial charge in [0.25, 0.3) is 5.91 Å². The van der Waals surface area contributed by atoms with Gasteiger partial charge >= 0.3 is 6.18 Å². The summed E-state index contributed by atoms with van der Waals surface area (Å²) in [4.78, 5) is 16.9. The van der Waals surface area contributed by atoms with Gasteiger partial charge in [-0.3, -0.25) is 4.79 Å². The number of carbonyl (C=O) groups excluding carboxylic acids is 1. The number of aliphatic imine (C=N–C) groups is 1. The molecule has 0 unspecified atom stereocenters. The van der Waals surface area contributed by atoms with E-state index in [-0.39, 0.29) is 5.91 Å². The molecule has 0 aromatic heterocycles. The van der Waals surface area contributed by atoms with Crippen LogP contribution in [0.15, 0.2) is 76.6 Å². The fourth-order valence-corrected chi connectivity index (χ4v) is 3.61. The first-order valence-corrected chi connectivity index (χ1v) is 9.16. The zero-order valence-electron chi connectivity index (χ0n) is 14.3. The van der Waals surface area contributed by atoms with Crippen LogP contribution in [0.3, 0.4) is 0 Å². The van der Waals surface area contributed by atoms with Gasteiger partial charge in [-0.15, -0.1) is 0 Å². The highest BCUT2D eigenvalue weighted by molar-refractivity contribution is 8.18. The Morgan fingerprint density at radius 3 is 2.36 bits per heavy atom. The van der Waals surface area contributed by atoms with Crippen LogP contribution in [-0.2, 0) is 11.0 Å². The van der Waals surface area contributed by atoms with Crippen molar-refractivity contribution in [1.82, 2.24) is 5.32 Å². The Bertz CT molecular complexity index is 1120. The summed E-state index contributed by atoms with van der Waals surface area (Å²) in [5.41, 5.74) is 0.478. The minimum atomic E-state index is -4.39. The van der Waals surface area contributed by atoms with Crippen molar-refractivity contribution in [3.05, 3.63) is 82.8 Å². The average Bonchev–Trinajstić information content (AvgIpc) is 3.00. The molecule has 1 aliphatic heterocycles. The molecule has 3 aromatic rings. The molecule has 3 nitrogen and oxygen atoms in total. The molecule has 140 valence electrons. The molecular formula is C21H13F3N2OS. The van der Waals surface area contributed by atoms with Crippen LogP contribution < -0.4 is 5.32 Å². The minimum Gasteiger partial charge on any atom is -0.300 e. The summed E-state index contributed by atoms with van der Waals surface area (Å²) in [6, 6.07) is 18.3. The summed E-state index contributed by atoms with van der Waals surface area (Å²) < 4.78 is 37.9. The van der Waals surface area contributed by atoms with Crippen LogP contribution in [0.2, 0.25) is 0 Å². The molecule has 7 heteroatoms. The smallest absolute Gasteiger partial charge is 0.300 e. The second-order valence-corrected chi connectivity index (χ2v) is 7.16. The third kappa shape index (κ3) is 3.94. The van der Waals surface area contributed by atoms with Crippen molar-refractivity contribution < 1.29 is 18.0 Å². The van der Waals surface area contributed by atoms with E-state index in [1.807, 2.05) is 42.5 Å². The predicted molar refractivity (Wildman–Crippen MR) is 106 cm³/mol. The third-order valence-corrected chi connectivity index (χ3v) is 5.06. The number of rotatable bonds is 2. The SMILES string of the molecule is O=C1NC(=Nc2ccc(C(F)(F)F)cc2)SC1=Cc1ccc2ccccc2c1. The molecule has 0 atom stereocenters. The van der Waals surface area contributed by atoms with E-state index in [2.05, 4.69) is 10.3 Å². The summed E-state index contributed by atoms with van der Waals surface area (Å²) in [6.07, 6.45) is -2.63. The van der Waals surface area contributed by atoms with E-state index in [9.17, 15) is 18.0 Å². The Morgan fingerprint density at radius 1 is 0.929 bits per heavy atom. The van der Waals surface area contributed by atoms with E-state index >= 15 is 0 Å². The number of alkyl halides is 3. The normalized spacial score (nSPS) is 17.5. The maximum Gasteiger partial charge on any atom is 0.416 e. The van der Waals surface area contributed by atoms with Crippen molar-refractivity contribution in [2.45, 2.75) is 6.18 Å². The highest BCUT2D eigenvalue weighted by atomic mass is 32.2. The molecule has 4 rings (SSSR count). The summed E-state index contributed by atoms with van der Waals surface area (Å²) in [7, 11) is 0. The third-order valence-electron chi connectivity index (χ3n) is 4.15. The number of benzene rings is 3. The van der Waals surface area contributed by atoms with Crippen LogP contribution in [0.4, 0.5) is 18.9 Å². The van der Waals surface area contributed by atoms with Gasteiger partial charge in [-0.2, -0.15) is 13.2 Å². The molecule has 0 spiro atoms. The number of carbonyl (C=O) groups is 1. The lowest BCUT2D eigenvalue weighted by atomic mass is 10.1. The van der Waals surface area contributed by atoms with Gasteiger partial charge in [0.15, 0.2) is 5.17 Å². The van der Waals surface area contributed by atoms with Crippen LogP contribution in [0.5, 0.6) is 0 Å². The molecule has 28 heavy (non-hydrogen) atoms. The van der Waals surface area contributed by atoms with Crippen LogP contribution >= 0.6 is 11.8 Å². The second-order valence-electron chi connectivity index (χ2n) is 6.13. The van der Waals surface area contributed by atoms with Crippen molar-refractivity contribution in [2.24, 2.45) is 4.99 Å². The molecule has 1 saturated heterocycles. The molecule has 3 aromatic carbocycles. The number of halogens is 3. The quantitative estimate of drug-likeness (QED) is 0.559. The Balaban J connectivity index is 1.56. The van der Waals surface area contributed by atoms with E-state index in [4.69, 9.17) is 0 Å². The first-order valence-electron chi connectivity index (χ1n) is 8.34. The number of hydrogen-bond donors (Lipinski definition) is 1. The summed E-state index contributed by atoms with van der Waals surface area (Å²) >= 11 is 1.15. The zero-order valence-corrected chi connectivity index (χ0v) is 15.1. The van der Waals surface area contributed by atoms with Crippen LogP contribution in [0, 0.1) is 0 Å². The molecule has 0 aliphatic carbocycles. The Labute approximate surface area is 163 Å². The maximum atomic E-state index is 12.6. The maximum absolute atomic E-state index is 12.6. The molecule has 1 heterocycles. The second kappa shape index (κ2) is 7.16. The van der Waals surface area contributed by atoms with Crippen LogP contribution in [0.25, 0.3) is 16.8 Å². The van der Waals surface area contributed by atoms with Crippen molar-refractivity contribution in [2.75, 3.05) is 0 Å². The minimum absolute atomic E-state index is 0.288. The van der Waals surface area contributed by atoms with Gasteiger partial charge in [-0.25, -0.2) is 4.99 Å². The number of thioether (sulfide) groups is 1. The molecule has 1 aliphatic rings. The number of fused-ring (bicyclic) bond motifs is 1. The number of amides is 1. The molecule has 1 N–H and O–H groups in total. The van der Waals surface area contributed by atoms with Gasteiger partial charge in [0.1, 0.15) is 0 Å². The lowest BCUT2D eigenvalue weighted by Gasteiger charge is -2.05. The van der Waals surface area contributed by atoms with Crippen LogP contribution in [-0.4, -0.2) is 11.1 Å². The topological polar surface area (TPSA) is 41.5 Å². The highest BCUT2D eigenvalue weighted by Gasteiger charge is 2.30. The van der Waals surface area contributed by atoms with Crippen molar-refractivity contribution in [3.63, 3.8) is 0 Å². The van der Waals surface area contributed by atoms with E-state index in [1.54, 1.807) is 6.08 Å². The van der Waals surface area contributed by atoms with Gasteiger partial charge in [0, 0.05) is 0 Å². The monoisotopic (exact) mass is 398 g/mol. The fraction of sp³-hybridized carbons (Fsp3) is 0.0476. The molecule has 1 amide bonds. The number of amidine groups is 1. The van der Waals surface area contributed by atoms with Gasteiger partial charge in [0.2, 0.25) is 0 Å². The highest BCUT2D eigenvalue weighted by Crippen LogP contribution is 2.32. The van der Waals surface area contributed by atoms with Crippen molar-refractivity contribution in [3.8, 4) is 0 Å². The molecule has 0 bridgehead atoms. The number of nitrogens with one attached hydrogen (secondary N) is 1. The summed E-state index contributed by atoms with van der Waals surface area (Å²) in [5.74, 6) is -0.288. The van der Waals surface area contributed by atoms with E-state index in [0.29, 0.717) is 15.8 Å². The Hall–Kier alpha value is -3.06. The van der Waals surface area contributed by atoms with Gasteiger partial charge in [0.05, 0.1) is 16.2 Å². The van der Waals surface area contributed by atoms with Gasteiger partial charge in [-0.1, -0.05) is 36.4 Å². The van der Waals surface area contributed by atoms with E-state index in [1.165, 1.54) is 12.1 Å². The van der Waals surface area contributed by atoms with E-state index < -0.39 is 11.7 Å². The molecule has 1 fully saturated rings. The Kier molecular flexibility index (Phi) is 4.68. The number of nitrogens with zero attached hydrogens (tertiary/aromatic N) is 1. The first kappa shape index (κ1) is 18.3. The van der Waals surface area contributed by atoms with Gasteiger partial charge < -0.3 is 5.32 Å². The average molecular weight is 398 g/mol. The lowest BCUT2D eigenvalue weighted by Crippen LogP contribution is -2.19. The standard InChI is InChI=1S/C21H13F3N2OS/c22-21(23,24)16-7-9-17(10-8-16)25-20-26-19(27)18(28-20)12-13-5-6-14-3-1-2-4-15(14)11-13/h1-12H,(H,25,26,27). The predicted octanol–water partition coefficient (Wildman–Crippen LogP) is 5.75. The molecule has 0 saturated carbocycles. The van der Waals surface area contributed by atoms with Crippen molar-refractivity contribution >= 4 is 45.4 Å². The van der Waals surface area contributed by atoms with E-state index in [0.717, 1.165) is 40.2 Å². The summed E-state index contributed by atoms with van der Waals surface area (Å²) in [6.45, 7) is 0. The van der Waals surface area contributed by atoms with Crippen LogP contribution in [0.1, 0.15) is 11.1 Å². The zero-order chi connectivity index (χ0) is 19.7. The molecule has 0 radical (unpaired) electrons. The largest absolute Gasteiger partial charge is 0.416 e. The number of hydrogen-bond acceptors (Lipinski definition) is 3. The van der Waals surface area contributed by atoms with Gasteiger partial charge in [-0.05, 0) is 64.5 Å². The lowest BCUT2D eigenvalue weighted by molar-refractivity contribution is -0.137. The Morgan fingerprint density at radius 2 is 1.64 bits per heavy atom. The summed E-state index contributed by atoms with van der Waals surface area (Å²) in [5, 5.41) is 5.15. The fourth-order valence-electron chi connectivity index (χ4n) is 2.77. The van der Waals surface area contributed by atoms with Crippen molar-refractivity contribution in [1.29, 1.82) is 0 Å².